The van der Waals surface area contributed by atoms with Crippen molar-refractivity contribution >= 4 is 23.2 Å². The van der Waals surface area contributed by atoms with Crippen LogP contribution in [0.5, 0.6) is 5.75 Å². The molecule has 1 unspecified atom stereocenters. The van der Waals surface area contributed by atoms with Crippen molar-refractivity contribution in [3.05, 3.63) is 58.9 Å². The van der Waals surface area contributed by atoms with E-state index in [4.69, 9.17) is 20.9 Å². The number of methoxy groups -OCH3 is 1. The topological polar surface area (TPSA) is 68.5 Å². The zero-order chi connectivity index (χ0) is 19.0. The summed E-state index contributed by atoms with van der Waals surface area (Å²) in [6.45, 7) is 2.46. The maximum Gasteiger partial charge on any atom is 0.232 e. The van der Waals surface area contributed by atoms with Crippen molar-refractivity contribution in [2.24, 2.45) is 0 Å². The van der Waals surface area contributed by atoms with Crippen LogP contribution in [0.1, 0.15) is 23.8 Å². The fourth-order valence-corrected chi connectivity index (χ4v) is 3.45. The fourth-order valence-electron chi connectivity index (χ4n) is 3.26. The molecule has 7 heteroatoms. The molecule has 6 nitrogen and oxygen atoms in total. The molecule has 1 aliphatic heterocycles. The van der Waals surface area contributed by atoms with E-state index in [9.17, 15) is 4.79 Å². The van der Waals surface area contributed by atoms with Gasteiger partial charge in [0, 0.05) is 29.6 Å². The molecule has 3 aromatic rings. The molecule has 0 N–H and O–H groups in total. The van der Waals surface area contributed by atoms with Gasteiger partial charge in [-0.15, -0.1) is 0 Å². The summed E-state index contributed by atoms with van der Waals surface area (Å²) < 4.78 is 10.7. The van der Waals surface area contributed by atoms with Crippen molar-refractivity contribution in [1.82, 2.24) is 10.1 Å². The van der Waals surface area contributed by atoms with E-state index >= 15 is 0 Å². The monoisotopic (exact) mass is 383 g/mol. The van der Waals surface area contributed by atoms with Crippen molar-refractivity contribution < 1.29 is 14.1 Å². The van der Waals surface area contributed by atoms with E-state index in [1.54, 1.807) is 24.1 Å². The lowest BCUT2D eigenvalue weighted by Gasteiger charge is -2.19. The number of anilines is 1. The number of ether oxygens (including phenoxy) is 1. The minimum atomic E-state index is -0.150. The van der Waals surface area contributed by atoms with Gasteiger partial charge in [-0.2, -0.15) is 4.98 Å². The number of benzene rings is 2. The average molecular weight is 384 g/mol. The predicted octanol–water partition coefficient (Wildman–Crippen LogP) is 4.23. The Balaban J connectivity index is 1.58. The Morgan fingerprint density at radius 1 is 1.26 bits per heavy atom. The number of hydrogen-bond acceptors (Lipinski definition) is 5. The first-order valence-corrected chi connectivity index (χ1v) is 8.97. The maximum absolute atomic E-state index is 12.6. The summed E-state index contributed by atoms with van der Waals surface area (Å²) in [6.07, 6.45) is 0.327. The minimum absolute atomic E-state index is 0.0267. The van der Waals surface area contributed by atoms with Gasteiger partial charge in [0.05, 0.1) is 18.7 Å². The molecule has 0 radical (unpaired) electrons. The summed E-state index contributed by atoms with van der Waals surface area (Å²) in [7, 11) is 1.61. The average Bonchev–Trinajstić information content (AvgIpc) is 3.29. The zero-order valence-corrected chi connectivity index (χ0v) is 15.7. The summed E-state index contributed by atoms with van der Waals surface area (Å²) in [4.78, 5) is 18.8. The van der Waals surface area contributed by atoms with E-state index in [1.165, 1.54) is 0 Å². The summed E-state index contributed by atoms with van der Waals surface area (Å²) in [6, 6.07) is 13.0. The van der Waals surface area contributed by atoms with Crippen molar-refractivity contribution in [2.75, 3.05) is 18.6 Å². The number of aryl methyl sites for hydroxylation is 1. The van der Waals surface area contributed by atoms with Gasteiger partial charge in [-0.1, -0.05) is 35.0 Å². The first-order chi connectivity index (χ1) is 13.0. The Hall–Kier alpha value is -2.86. The highest BCUT2D eigenvalue weighted by molar-refractivity contribution is 6.30. The summed E-state index contributed by atoms with van der Waals surface area (Å²) in [5, 5.41) is 4.65. The van der Waals surface area contributed by atoms with Gasteiger partial charge in [0.15, 0.2) is 0 Å². The van der Waals surface area contributed by atoms with Gasteiger partial charge in [-0.05, 0) is 30.7 Å². The van der Waals surface area contributed by atoms with Crippen LogP contribution >= 0.6 is 11.6 Å². The van der Waals surface area contributed by atoms with Crippen LogP contribution in [0.4, 0.5) is 5.69 Å². The maximum atomic E-state index is 12.6. The van der Waals surface area contributed by atoms with Crippen molar-refractivity contribution in [3.63, 3.8) is 0 Å². The fraction of sp³-hybridized carbons (Fsp3) is 0.250. The van der Waals surface area contributed by atoms with Gasteiger partial charge in [-0.25, -0.2) is 0 Å². The molecule has 1 fully saturated rings. The largest absolute Gasteiger partial charge is 0.497 e. The van der Waals surface area contributed by atoms with E-state index in [0.717, 1.165) is 16.8 Å². The van der Waals surface area contributed by atoms with Crippen LogP contribution in [0.2, 0.25) is 5.02 Å². The standard InChI is InChI=1S/C20H18ClN3O3/c1-12-6-7-16(26-2)10-17(12)24-11-14(9-18(24)25)20-22-19(23-27-20)13-4-3-5-15(21)8-13/h3-8,10,14H,9,11H2,1-2H3. The number of carbonyl (C=O) groups excluding carboxylic acids is 1. The first kappa shape index (κ1) is 17.5. The number of rotatable bonds is 4. The third-order valence-corrected chi connectivity index (χ3v) is 4.94. The van der Waals surface area contributed by atoms with Crippen LogP contribution in [0, 0.1) is 6.92 Å². The van der Waals surface area contributed by atoms with E-state index in [1.807, 2.05) is 37.3 Å². The molecule has 0 spiro atoms. The molecular weight excluding hydrogens is 366 g/mol. The van der Waals surface area contributed by atoms with Crippen molar-refractivity contribution in [2.45, 2.75) is 19.3 Å². The number of nitrogens with zero attached hydrogens (tertiary/aromatic N) is 3. The number of halogens is 1. The molecule has 0 saturated carbocycles. The molecule has 1 saturated heterocycles. The van der Waals surface area contributed by atoms with Crippen LogP contribution in [-0.4, -0.2) is 29.7 Å². The molecule has 1 amide bonds. The Labute approximate surface area is 161 Å². The Morgan fingerprint density at radius 3 is 2.89 bits per heavy atom. The van der Waals surface area contributed by atoms with Gasteiger partial charge in [0.25, 0.3) is 0 Å². The molecule has 2 aromatic carbocycles. The molecule has 0 bridgehead atoms. The second kappa shape index (κ2) is 7.04. The Bertz CT molecular complexity index is 1000. The molecule has 1 aromatic heterocycles. The zero-order valence-electron chi connectivity index (χ0n) is 15.0. The number of carbonyl (C=O) groups is 1. The molecule has 2 heterocycles. The molecule has 4 rings (SSSR count). The van der Waals surface area contributed by atoms with Gasteiger partial charge in [-0.3, -0.25) is 4.79 Å². The molecule has 138 valence electrons. The lowest BCUT2D eigenvalue weighted by Crippen LogP contribution is -2.25. The Kier molecular flexibility index (Phi) is 4.58. The summed E-state index contributed by atoms with van der Waals surface area (Å²) in [5.41, 5.74) is 2.63. The highest BCUT2D eigenvalue weighted by Gasteiger charge is 2.36. The number of aromatic nitrogens is 2. The first-order valence-electron chi connectivity index (χ1n) is 8.59. The summed E-state index contributed by atoms with van der Waals surface area (Å²) >= 11 is 6.03. The number of amides is 1. The highest BCUT2D eigenvalue weighted by atomic mass is 35.5. The van der Waals surface area contributed by atoms with Gasteiger partial charge >= 0.3 is 0 Å². The predicted molar refractivity (Wildman–Crippen MR) is 102 cm³/mol. The minimum Gasteiger partial charge on any atom is -0.497 e. The molecule has 1 atom stereocenters. The van der Waals surface area contributed by atoms with E-state index in [-0.39, 0.29) is 11.8 Å². The lowest BCUT2D eigenvalue weighted by molar-refractivity contribution is -0.117. The smallest absolute Gasteiger partial charge is 0.232 e. The molecule has 0 aliphatic carbocycles. The molecular formula is C20H18ClN3O3. The number of hydrogen-bond donors (Lipinski definition) is 0. The van der Waals surface area contributed by atoms with Gasteiger partial charge in [0.2, 0.25) is 17.6 Å². The quantitative estimate of drug-likeness (QED) is 0.674. The van der Waals surface area contributed by atoms with Crippen molar-refractivity contribution in [1.29, 1.82) is 0 Å². The Morgan fingerprint density at radius 2 is 2.11 bits per heavy atom. The second-order valence-electron chi connectivity index (χ2n) is 6.52. The lowest BCUT2D eigenvalue weighted by atomic mass is 10.1. The van der Waals surface area contributed by atoms with Gasteiger partial charge in [0.1, 0.15) is 5.75 Å². The van der Waals surface area contributed by atoms with E-state index in [0.29, 0.717) is 35.5 Å². The third kappa shape index (κ3) is 3.40. The molecule has 1 aliphatic rings. The SMILES string of the molecule is COc1ccc(C)c(N2CC(c3nc(-c4cccc(Cl)c4)no3)CC2=O)c1. The second-order valence-corrected chi connectivity index (χ2v) is 6.96. The van der Waals surface area contributed by atoms with Crippen LogP contribution < -0.4 is 9.64 Å². The van der Waals surface area contributed by atoms with Crippen LogP contribution in [0.25, 0.3) is 11.4 Å². The van der Waals surface area contributed by atoms with Crippen LogP contribution in [0.3, 0.4) is 0 Å². The molecule has 27 heavy (non-hydrogen) atoms. The van der Waals surface area contributed by atoms with Gasteiger partial charge < -0.3 is 14.2 Å². The van der Waals surface area contributed by atoms with Crippen molar-refractivity contribution in [3.8, 4) is 17.1 Å². The third-order valence-electron chi connectivity index (χ3n) is 4.71. The van der Waals surface area contributed by atoms with E-state index < -0.39 is 0 Å². The highest BCUT2D eigenvalue weighted by Crippen LogP contribution is 2.35. The summed E-state index contributed by atoms with van der Waals surface area (Å²) in [5.74, 6) is 1.52. The van der Waals surface area contributed by atoms with Crippen LogP contribution in [0.15, 0.2) is 47.0 Å². The van der Waals surface area contributed by atoms with Crippen LogP contribution in [-0.2, 0) is 4.79 Å². The van der Waals surface area contributed by atoms with E-state index in [2.05, 4.69) is 10.1 Å². The normalized spacial score (nSPS) is 16.8.